The molecule has 7 heteroatoms. The van der Waals surface area contributed by atoms with Crippen molar-refractivity contribution in [2.45, 2.75) is 32.4 Å². The number of fused-ring (bicyclic) bond motifs is 1. The van der Waals surface area contributed by atoms with Gasteiger partial charge in [0.15, 0.2) is 6.61 Å². The molecule has 1 unspecified atom stereocenters. The first-order chi connectivity index (χ1) is 13.0. The van der Waals surface area contributed by atoms with Crippen molar-refractivity contribution in [1.29, 1.82) is 0 Å². The van der Waals surface area contributed by atoms with Crippen LogP contribution in [0.15, 0.2) is 48.5 Å². The van der Waals surface area contributed by atoms with E-state index >= 15 is 0 Å². The van der Waals surface area contributed by atoms with Crippen molar-refractivity contribution in [1.82, 2.24) is 0 Å². The van der Waals surface area contributed by atoms with Gasteiger partial charge in [0.2, 0.25) is 0 Å². The number of para-hydroxylation sites is 1. The number of hydrogen-bond acceptors (Lipinski definition) is 4. The fraction of sp³-hybridized carbons (Fsp3) is 0.300. The van der Waals surface area contributed by atoms with Crippen LogP contribution in [0.5, 0.6) is 5.75 Å². The van der Waals surface area contributed by atoms with Gasteiger partial charge < -0.3 is 14.4 Å². The Balaban J connectivity index is 1.63. The number of hydrogen-bond donors (Lipinski definition) is 0. The van der Waals surface area contributed by atoms with E-state index in [1.54, 1.807) is 4.90 Å². The number of amides is 1. The molecule has 1 atom stereocenters. The first-order valence-corrected chi connectivity index (χ1v) is 8.57. The van der Waals surface area contributed by atoms with Crippen LogP contribution in [0.3, 0.4) is 0 Å². The molecule has 0 radical (unpaired) electrons. The van der Waals surface area contributed by atoms with E-state index in [4.69, 9.17) is 4.74 Å². The smallest absolute Gasteiger partial charge is 0.387 e. The molecule has 2 aromatic carbocycles. The summed E-state index contributed by atoms with van der Waals surface area (Å²) in [5.41, 5.74) is 2.08. The predicted molar refractivity (Wildman–Crippen MR) is 95.1 cm³/mol. The standard InChI is InChI=1S/C20H19F2NO4/c1-13-6-7-14-4-2-3-5-17(14)23(13)18(24)12-26-19(25)15-8-10-16(11-9-15)27-20(21)22/h2-5,8-11,13,20H,6-7,12H2,1H3. The zero-order chi connectivity index (χ0) is 19.4. The van der Waals surface area contributed by atoms with E-state index in [2.05, 4.69) is 4.74 Å². The van der Waals surface area contributed by atoms with Crippen LogP contribution in [0, 0.1) is 0 Å². The minimum Gasteiger partial charge on any atom is -0.452 e. The first kappa shape index (κ1) is 18.8. The lowest BCUT2D eigenvalue weighted by molar-refractivity contribution is -0.122. The Hall–Kier alpha value is -2.96. The maximum atomic E-state index is 12.6. The Morgan fingerprint density at radius 3 is 2.56 bits per heavy atom. The SMILES string of the molecule is CC1CCc2ccccc2N1C(=O)COC(=O)c1ccc(OC(F)F)cc1. The van der Waals surface area contributed by atoms with E-state index in [9.17, 15) is 18.4 Å². The molecule has 0 N–H and O–H groups in total. The van der Waals surface area contributed by atoms with Crippen molar-refractivity contribution in [3.8, 4) is 5.75 Å². The van der Waals surface area contributed by atoms with Gasteiger partial charge in [-0.05, 0) is 55.7 Å². The van der Waals surface area contributed by atoms with Crippen LogP contribution < -0.4 is 9.64 Å². The molecule has 0 aromatic heterocycles. The largest absolute Gasteiger partial charge is 0.452 e. The Labute approximate surface area is 155 Å². The molecule has 5 nitrogen and oxygen atoms in total. The van der Waals surface area contributed by atoms with E-state index in [1.807, 2.05) is 31.2 Å². The lowest BCUT2D eigenvalue weighted by Crippen LogP contribution is -2.44. The van der Waals surface area contributed by atoms with Crippen LogP contribution in [0.25, 0.3) is 0 Å². The number of carbonyl (C=O) groups excluding carboxylic acids is 2. The second-order valence-electron chi connectivity index (χ2n) is 6.26. The number of nitrogens with zero attached hydrogens (tertiary/aromatic N) is 1. The average Bonchev–Trinajstić information content (AvgIpc) is 2.66. The minimum atomic E-state index is -2.94. The summed E-state index contributed by atoms with van der Waals surface area (Å²) < 4.78 is 33.6. The first-order valence-electron chi connectivity index (χ1n) is 8.57. The van der Waals surface area contributed by atoms with E-state index in [1.165, 1.54) is 24.3 Å². The van der Waals surface area contributed by atoms with Crippen molar-refractivity contribution in [3.05, 3.63) is 59.7 Å². The zero-order valence-electron chi connectivity index (χ0n) is 14.7. The summed E-state index contributed by atoms with van der Waals surface area (Å²) in [6.45, 7) is -1.38. The van der Waals surface area contributed by atoms with Gasteiger partial charge in [0.1, 0.15) is 5.75 Å². The second-order valence-corrected chi connectivity index (χ2v) is 6.26. The fourth-order valence-electron chi connectivity index (χ4n) is 3.12. The summed E-state index contributed by atoms with van der Waals surface area (Å²) in [6, 6.07) is 12.8. The Morgan fingerprint density at radius 1 is 1.15 bits per heavy atom. The highest BCUT2D eigenvalue weighted by Crippen LogP contribution is 2.30. The summed E-state index contributed by atoms with van der Waals surface area (Å²) in [4.78, 5) is 26.4. The molecule has 2 aromatic rings. The zero-order valence-corrected chi connectivity index (χ0v) is 14.7. The van der Waals surface area contributed by atoms with E-state index in [-0.39, 0.29) is 23.3 Å². The molecule has 1 heterocycles. The molecule has 0 spiro atoms. The van der Waals surface area contributed by atoms with Gasteiger partial charge in [-0.1, -0.05) is 18.2 Å². The number of ether oxygens (including phenoxy) is 2. The number of anilines is 1. The predicted octanol–water partition coefficient (Wildman–Crippen LogP) is 3.81. The van der Waals surface area contributed by atoms with Crippen molar-refractivity contribution in [2.24, 2.45) is 0 Å². The molecule has 0 aliphatic carbocycles. The number of esters is 1. The molecule has 27 heavy (non-hydrogen) atoms. The Morgan fingerprint density at radius 2 is 1.85 bits per heavy atom. The number of carbonyl (C=O) groups is 2. The van der Waals surface area contributed by atoms with Gasteiger partial charge in [0, 0.05) is 11.7 Å². The van der Waals surface area contributed by atoms with Gasteiger partial charge in [0.05, 0.1) is 5.56 Å². The summed E-state index contributed by atoms with van der Waals surface area (Å²) in [5.74, 6) is -1.07. The molecule has 0 saturated heterocycles. The third-order valence-corrected chi connectivity index (χ3v) is 4.43. The van der Waals surface area contributed by atoms with E-state index in [0.29, 0.717) is 0 Å². The van der Waals surface area contributed by atoms with Crippen LogP contribution in [-0.2, 0) is 16.0 Å². The summed E-state index contributed by atoms with van der Waals surface area (Å²) in [7, 11) is 0. The molecule has 0 saturated carbocycles. The number of alkyl halides is 2. The van der Waals surface area contributed by atoms with E-state index < -0.39 is 19.2 Å². The lowest BCUT2D eigenvalue weighted by atomic mass is 9.96. The van der Waals surface area contributed by atoms with Gasteiger partial charge >= 0.3 is 12.6 Å². The van der Waals surface area contributed by atoms with Gasteiger partial charge in [-0.2, -0.15) is 8.78 Å². The number of rotatable bonds is 5. The Kier molecular flexibility index (Phi) is 5.69. The van der Waals surface area contributed by atoms with Crippen molar-refractivity contribution in [2.75, 3.05) is 11.5 Å². The maximum Gasteiger partial charge on any atom is 0.387 e. The minimum absolute atomic E-state index is 0.0110. The molecule has 1 amide bonds. The molecule has 1 aliphatic rings. The quantitative estimate of drug-likeness (QED) is 0.746. The monoisotopic (exact) mass is 375 g/mol. The summed E-state index contributed by atoms with van der Waals surface area (Å²) >= 11 is 0. The molecule has 0 fully saturated rings. The topological polar surface area (TPSA) is 55.8 Å². The van der Waals surface area contributed by atoms with Crippen LogP contribution in [0.4, 0.5) is 14.5 Å². The number of benzene rings is 2. The Bertz CT molecular complexity index is 823. The van der Waals surface area contributed by atoms with Crippen LogP contribution in [0.1, 0.15) is 29.3 Å². The fourth-order valence-corrected chi connectivity index (χ4v) is 3.12. The lowest BCUT2D eigenvalue weighted by Gasteiger charge is -2.35. The van der Waals surface area contributed by atoms with Crippen LogP contribution in [0.2, 0.25) is 0 Å². The number of halogens is 2. The molecule has 142 valence electrons. The third kappa shape index (κ3) is 4.42. The van der Waals surface area contributed by atoms with Gasteiger partial charge in [-0.25, -0.2) is 4.79 Å². The average molecular weight is 375 g/mol. The van der Waals surface area contributed by atoms with Crippen LogP contribution in [-0.4, -0.2) is 31.1 Å². The molecular weight excluding hydrogens is 356 g/mol. The normalized spacial score (nSPS) is 16.0. The summed E-state index contributed by atoms with van der Waals surface area (Å²) in [5, 5.41) is 0. The highest BCUT2D eigenvalue weighted by molar-refractivity contribution is 5.98. The molecular formula is C20H19F2NO4. The van der Waals surface area contributed by atoms with E-state index in [0.717, 1.165) is 24.1 Å². The van der Waals surface area contributed by atoms with Gasteiger partial charge in [0.25, 0.3) is 5.91 Å². The third-order valence-electron chi connectivity index (χ3n) is 4.43. The maximum absolute atomic E-state index is 12.6. The van der Waals surface area contributed by atoms with Gasteiger partial charge in [-0.3, -0.25) is 4.79 Å². The molecule has 3 rings (SSSR count). The van der Waals surface area contributed by atoms with Crippen molar-refractivity contribution in [3.63, 3.8) is 0 Å². The highest BCUT2D eigenvalue weighted by Gasteiger charge is 2.28. The number of aryl methyl sites for hydroxylation is 1. The molecule has 1 aliphatic heterocycles. The van der Waals surface area contributed by atoms with Gasteiger partial charge in [-0.15, -0.1) is 0 Å². The van der Waals surface area contributed by atoms with Crippen molar-refractivity contribution < 1.29 is 27.8 Å². The second kappa shape index (κ2) is 8.16. The van der Waals surface area contributed by atoms with Crippen molar-refractivity contribution >= 4 is 17.6 Å². The summed E-state index contributed by atoms with van der Waals surface area (Å²) in [6.07, 6.45) is 1.73. The van der Waals surface area contributed by atoms with Crippen LogP contribution >= 0.6 is 0 Å². The highest BCUT2D eigenvalue weighted by atomic mass is 19.3. The molecule has 0 bridgehead atoms.